The Labute approximate surface area is 63.0 Å². The van der Waals surface area contributed by atoms with E-state index in [1.165, 1.54) is 17.8 Å². The van der Waals surface area contributed by atoms with Crippen LogP contribution in [0.1, 0.15) is 33.1 Å². The van der Waals surface area contributed by atoms with Crippen molar-refractivity contribution in [1.29, 1.82) is 0 Å². The smallest absolute Gasteiger partial charge is 0.0289 e. The van der Waals surface area contributed by atoms with E-state index in [1.807, 2.05) is 0 Å². The molecule has 0 aromatic heterocycles. The zero-order valence-corrected chi connectivity index (χ0v) is 6.93. The number of fused-ring (bicyclic) bond motifs is 1. The van der Waals surface area contributed by atoms with E-state index in [4.69, 9.17) is 0 Å². The lowest BCUT2D eigenvalue weighted by atomic mass is 9.73. The van der Waals surface area contributed by atoms with Gasteiger partial charge in [-0.2, -0.15) is 0 Å². The highest BCUT2D eigenvalue weighted by Crippen LogP contribution is 2.75. The van der Waals surface area contributed by atoms with Crippen LogP contribution in [0.5, 0.6) is 0 Å². The fourth-order valence-electron chi connectivity index (χ4n) is 3.26. The van der Waals surface area contributed by atoms with Crippen molar-refractivity contribution >= 4 is 0 Å². The minimum absolute atomic E-state index is 0.868. The summed E-state index contributed by atoms with van der Waals surface area (Å²) in [5.74, 6) is 4.62. The minimum atomic E-state index is 0.868. The lowest BCUT2D eigenvalue weighted by molar-refractivity contribution is 0.166. The Morgan fingerprint density at radius 1 is 1.20 bits per heavy atom. The molecule has 5 unspecified atom stereocenters. The highest BCUT2D eigenvalue weighted by Gasteiger charge is 2.67. The van der Waals surface area contributed by atoms with Gasteiger partial charge in [0, 0.05) is 0 Å². The molecule has 3 aliphatic rings. The average Bonchev–Trinajstić information content (AvgIpc) is 2.67. The van der Waals surface area contributed by atoms with Crippen molar-refractivity contribution in [2.45, 2.75) is 33.1 Å². The molecule has 5 atom stereocenters. The molecule has 0 bridgehead atoms. The van der Waals surface area contributed by atoms with Crippen LogP contribution >= 0.6 is 0 Å². The third kappa shape index (κ3) is 0.500. The van der Waals surface area contributed by atoms with Crippen LogP contribution in [-0.2, 0) is 0 Å². The van der Waals surface area contributed by atoms with Gasteiger partial charge in [0.15, 0.2) is 0 Å². The summed E-state index contributed by atoms with van der Waals surface area (Å²) in [5.41, 5.74) is 0.868. The first-order valence-electron chi connectivity index (χ1n) is 4.71. The van der Waals surface area contributed by atoms with E-state index in [0.717, 1.165) is 11.3 Å². The predicted octanol–water partition coefficient (Wildman–Crippen LogP) is 2.69. The van der Waals surface area contributed by atoms with Crippen molar-refractivity contribution in [2.75, 3.05) is 0 Å². The Morgan fingerprint density at radius 2 is 1.90 bits per heavy atom. The van der Waals surface area contributed by atoms with Crippen LogP contribution in [0.4, 0.5) is 0 Å². The van der Waals surface area contributed by atoms with Crippen molar-refractivity contribution < 1.29 is 0 Å². The number of hydrogen-bond donors (Lipinski definition) is 0. The van der Waals surface area contributed by atoms with Crippen molar-refractivity contribution in [1.82, 2.24) is 0 Å². The second-order valence-corrected chi connectivity index (χ2v) is 5.21. The van der Waals surface area contributed by atoms with Crippen molar-refractivity contribution in [3.63, 3.8) is 0 Å². The van der Waals surface area contributed by atoms with Gasteiger partial charge in [0.25, 0.3) is 0 Å². The molecule has 0 saturated heterocycles. The Kier molecular flexibility index (Phi) is 0.735. The predicted molar refractivity (Wildman–Crippen MR) is 41.6 cm³/mol. The maximum Gasteiger partial charge on any atom is -0.0289 e. The summed E-state index contributed by atoms with van der Waals surface area (Å²) < 4.78 is 0. The van der Waals surface area contributed by atoms with Gasteiger partial charge in [-0.3, -0.25) is 0 Å². The molecule has 0 aliphatic heterocycles. The summed E-state index contributed by atoms with van der Waals surface area (Å²) in [7, 11) is 0. The standard InChI is InChI=1S/C10H16/c1-6-3-7(6)8-4-10(2)5-9(8)10/h6-9H,3-5H2,1-2H3. The van der Waals surface area contributed by atoms with Gasteiger partial charge in [-0.05, 0) is 48.3 Å². The monoisotopic (exact) mass is 136 g/mol. The molecule has 10 heavy (non-hydrogen) atoms. The Bertz CT molecular complexity index is 182. The molecule has 3 saturated carbocycles. The summed E-state index contributed by atoms with van der Waals surface area (Å²) in [6.07, 6.45) is 4.70. The average molecular weight is 136 g/mol. The lowest BCUT2D eigenvalue weighted by Gasteiger charge is -2.32. The minimum Gasteiger partial charge on any atom is -0.0622 e. The first-order chi connectivity index (χ1) is 4.71. The quantitative estimate of drug-likeness (QED) is 0.520. The van der Waals surface area contributed by atoms with Crippen LogP contribution in [0.3, 0.4) is 0 Å². The van der Waals surface area contributed by atoms with Gasteiger partial charge in [0.2, 0.25) is 0 Å². The largest absolute Gasteiger partial charge is 0.0622 e. The molecule has 0 aromatic carbocycles. The van der Waals surface area contributed by atoms with Gasteiger partial charge < -0.3 is 0 Å². The molecule has 0 amide bonds. The van der Waals surface area contributed by atoms with E-state index < -0.39 is 0 Å². The van der Waals surface area contributed by atoms with Crippen LogP contribution in [0.15, 0.2) is 0 Å². The Hall–Kier alpha value is 0. The second kappa shape index (κ2) is 1.31. The van der Waals surface area contributed by atoms with E-state index in [1.54, 1.807) is 19.3 Å². The topological polar surface area (TPSA) is 0 Å². The molecule has 0 heteroatoms. The molecule has 0 spiro atoms. The van der Waals surface area contributed by atoms with E-state index in [0.29, 0.717) is 0 Å². The number of hydrogen-bond acceptors (Lipinski definition) is 0. The molecular formula is C10H16. The van der Waals surface area contributed by atoms with Gasteiger partial charge in [-0.1, -0.05) is 13.8 Å². The summed E-state index contributed by atoms with van der Waals surface area (Å²) >= 11 is 0. The maximum atomic E-state index is 2.47. The molecule has 0 N–H and O–H groups in total. The van der Waals surface area contributed by atoms with Crippen LogP contribution in [0, 0.1) is 29.1 Å². The zero-order valence-electron chi connectivity index (χ0n) is 6.93. The van der Waals surface area contributed by atoms with E-state index in [9.17, 15) is 0 Å². The zero-order chi connectivity index (χ0) is 6.93. The van der Waals surface area contributed by atoms with Crippen molar-refractivity contribution in [3.8, 4) is 0 Å². The highest BCUT2D eigenvalue weighted by molar-refractivity contribution is 5.16. The summed E-state index contributed by atoms with van der Waals surface area (Å²) in [6.45, 7) is 4.89. The van der Waals surface area contributed by atoms with Gasteiger partial charge in [0.05, 0.1) is 0 Å². The van der Waals surface area contributed by atoms with Gasteiger partial charge in [-0.25, -0.2) is 0 Å². The van der Waals surface area contributed by atoms with Crippen LogP contribution < -0.4 is 0 Å². The first-order valence-corrected chi connectivity index (χ1v) is 4.71. The molecule has 0 radical (unpaired) electrons. The molecule has 0 aromatic rings. The van der Waals surface area contributed by atoms with Gasteiger partial charge >= 0.3 is 0 Å². The third-order valence-corrected chi connectivity index (χ3v) is 4.36. The fourth-order valence-corrected chi connectivity index (χ4v) is 3.26. The Balaban J connectivity index is 1.68. The van der Waals surface area contributed by atoms with E-state index in [2.05, 4.69) is 13.8 Å². The molecule has 0 nitrogen and oxygen atoms in total. The van der Waals surface area contributed by atoms with Crippen molar-refractivity contribution in [3.05, 3.63) is 0 Å². The molecule has 3 aliphatic carbocycles. The maximum absolute atomic E-state index is 2.47. The molecule has 56 valence electrons. The molecule has 0 heterocycles. The van der Waals surface area contributed by atoms with E-state index >= 15 is 0 Å². The normalized spacial score (nSPS) is 70.2. The Morgan fingerprint density at radius 3 is 2.20 bits per heavy atom. The highest BCUT2D eigenvalue weighted by atomic mass is 14.7. The molecule has 3 fully saturated rings. The molecular weight excluding hydrogens is 120 g/mol. The first kappa shape index (κ1) is 5.62. The van der Waals surface area contributed by atoms with E-state index in [-0.39, 0.29) is 0 Å². The summed E-state index contributed by atoms with van der Waals surface area (Å²) in [4.78, 5) is 0. The van der Waals surface area contributed by atoms with Crippen LogP contribution in [0.25, 0.3) is 0 Å². The third-order valence-electron chi connectivity index (χ3n) is 4.36. The van der Waals surface area contributed by atoms with Crippen LogP contribution in [0.2, 0.25) is 0 Å². The molecule has 3 rings (SSSR count). The second-order valence-electron chi connectivity index (χ2n) is 5.21. The summed E-state index contributed by atoms with van der Waals surface area (Å²) in [5, 5.41) is 0. The number of rotatable bonds is 1. The fraction of sp³-hybridized carbons (Fsp3) is 1.00. The van der Waals surface area contributed by atoms with Crippen molar-refractivity contribution in [2.24, 2.45) is 29.1 Å². The van der Waals surface area contributed by atoms with Gasteiger partial charge in [0.1, 0.15) is 0 Å². The summed E-state index contributed by atoms with van der Waals surface area (Å²) in [6, 6.07) is 0. The lowest BCUT2D eigenvalue weighted by Crippen LogP contribution is -2.25. The SMILES string of the molecule is CC1CC1C1CC2(C)CC12. The van der Waals surface area contributed by atoms with Gasteiger partial charge in [-0.15, -0.1) is 0 Å². The van der Waals surface area contributed by atoms with Crippen LogP contribution in [-0.4, -0.2) is 0 Å².